The first-order valence-electron chi connectivity index (χ1n) is 10.6. The summed E-state index contributed by atoms with van der Waals surface area (Å²) in [6.45, 7) is 9.54. The van der Waals surface area contributed by atoms with Crippen LogP contribution in [-0.2, 0) is 4.79 Å². The molecule has 1 N–H and O–H groups in total. The maximum Gasteiger partial charge on any atom is 0.251 e. The van der Waals surface area contributed by atoms with Crippen LogP contribution < -0.4 is 10.2 Å². The lowest BCUT2D eigenvalue weighted by Gasteiger charge is -2.27. The Morgan fingerprint density at radius 3 is 2.28 bits per heavy atom. The lowest BCUT2D eigenvalue weighted by atomic mass is 9.94. The number of carbonyl (C=O) groups is 2. The number of hydrogen-bond donors (Lipinski definition) is 1. The van der Waals surface area contributed by atoms with Crippen molar-refractivity contribution in [1.82, 2.24) is 15.3 Å². The Kier molecular flexibility index (Phi) is 6.72. The molecule has 0 aliphatic rings. The Balaban J connectivity index is 2.00. The molecule has 3 rings (SSSR count). The molecule has 32 heavy (non-hydrogen) atoms. The summed E-state index contributed by atoms with van der Waals surface area (Å²) in [7, 11) is 1.74. The number of anilines is 1. The van der Waals surface area contributed by atoms with E-state index in [1.807, 2.05) is 71.0 Å². The van der Waals surface area contributed by atoms with Gasteiger partial charge in [-0.3, -0.25) is 19.6 Å². The van der Waals surface area contributed by atoms with Gasteiger partial charge in [0.2, 0.25) is 5.91 Å². The minimum absolute atomic E-state index is 0.0298. The van der Waals surface area contributed by atoms with Crippen LogP contribution in [0.5, 0.6) is 0 Å². The number of benzene rings is 2. The van der Waals surface area contributed by atoms with Gasteiger partial charge in [-0.2, -0.15) is 0 Å². The van der Waals surface area contributed by atoms with Crippen molar-refractivity contribution in [3.63, 3.8) is 0 Å². The molecule has 0 fully saturated rings. The lowest BCUT2D eigenvalue weighted by molar-refractivity contribution is -0.125. The van der Waals surface area contributed by atoms with Crippen molar-refractivity contribution >= 4 is 17.5 Å². The molecule has 3 aromatic rings. The standard InChI is InChI=1S/C26H30N4O2/c1-17-7-9-19(10-8-17)20-13-21(15-22(14-20)30(6)25(32)26(3,4)5)24(31)29-18(2)23-16-27-11-12-28-23/h7-16,18H,1-6H3,(H,29,31). The van der Waals surface area contributed by atoms with Crippen LogP contribution in [0.3, 0.4) is 0 Å². The molecule has 2 amide bonds. The molecule has 6 nitrogen and oxygen atoms in total. The van der Waals surface area contributed by atoms with E-state index in [0.717, 1.165) is 16.7 Å². The summed E-state index contributed by atoms with van der Waals surface area (Å²) >= 11 is 0. The van der Waals surface area contributed by atoms with Gasteiger partial charge in [-0.15, -0.1) is 0 Å². The van der Waals surface area contributed by atoms with Gasteiger partial charge in [0.15, 0.2) is 0 Å². The zero-order valence-corrected chi connectivity index (χ0v) is 19.5. The first-order chi connectivity index (χ1) is 15.1. The van der Waals surface area contributed by atoms with Gasteiger partial charge in [0.1, 0.15) is 0 Å². The predicted molar refractivity (Wildman–Crippen MR) is 127 cm³/mol. The van der Waals surface area contributed by atoms with Crippen molar-refractivity contribution in [3.8, 4) is 11.1 Å². The van der Waals surface area contributed by atoms with E-state index in [9.17, 15) is 9.59 Å². The average molecular weight is 431 g/mol. The topological polar surface area (TPSA) is 75.2 Å². The molecule has 1 heterocycles. The predicted octanol–water partition coefficient (Wildman–Crippen LogP) is 4.95. The molecule has 0 aliphatic carbocycles. The van der Waals surface area contributed by atoms with E-state index in [2.05, 4.69) is 15.3 Å². The van der Waals surface area contributed by atoms with Crippen LogP contribution in [-0.4, -0.2) is 28.8 Å². The molecular weight excluding hydrogens is 400 g/mol. The second kappa shape index (κ2) is 9.30. The fourth-order valence-corrected chi connectivity index (χ4v) is 3.36. The summed E-state index contributed by atoms with van der Waals surface area (Å²) in [5, 5.41) is 2.98. The van der Waals surface area contributed by atoms with E-state index in [1.54, 1.807) is 36.6 Å². The quantitative estimate of drug-likeness (QED) is 0.621. The molecule has 0 saturated carbocycles. The highest BCUT2D eigenvalue weighted by Gasteiger charge is 2.27. The zero-order chi connectivity index (χ0) is 23.5. The van der Waals surface area contributed by atoms with Gasteiger partial charge in [0.25, 0.3) is 5.91 Å². The highest BCUT2D eigenvalue weighted by Crippen LogP contribution is 2.29. The number of nitrogens with one attached hydrogen (secondary N) is 1. The number of amides is 2. The minimum atomic E-state index is -0.544. The summed E-state index contributed by atoms with van der Waals surface area (Å²) < 4.78 is 0. The van der Waals surface area contributed by atoms with Crippen molar-refractivity contribution in [1.29, 1.82) is 0 Å². The third-order valence-electron chi connectivity index (χ3n) is 5.27. The van der Waals surface area contributed by atoms with Crippen LogP contribution >= 0.6 is 0 Å². The average Bonchev–Trinajstić information content (AvgIpc) is 2.78. The van der Waals surface area contributed by atoms with E-state index >= 15 is 0 Å². The van der Waals surface area contributed by atoms with Gasteiger partial charge in [-0.25, -0.2) is 0 Å². The van der Waals surface area contributed by atoms with E-state index in [-0.39, 0.29) is 17.9 Å². The van der Waals surface area contributed by atoms with Gasteiger partial charge in [0.05, 0.1) is 17.9 Å². The van der Waals surface area contributed by atoms with E-state index < -0.39 is 5.41 Å². The normalized spacial score (nSPS) is 12.2. The zero-order valence-electron chi connectivity index (χ0n) is 19.5. The van der Waals surface area contributed by atoms with Crippen LogP contribution in [0.15, 0.2) is 61.1 Å². The minimum Gasteiger partial charge on any atom is -0.344 e. The van der Waals surface area contributed by atoms with Gasteiger partial charge < -0.3 is 10.2 Å². The van der Waals surface area contributed by atoms with Crippen LogP contribution in [0.4, 0.5) is 5.69 Å². The molecule has 1 atom stereocenters. The third kappa shape index (κ3) is 5.38. The Labute approximate surface area is 189 Å². The SMILES string of the molecule is Cc1ccc(-c2cc(C(=O)NC(C)c3cnccn3)cc(N(C)C(=O)C(C)(C)C)c2)cc1. The maximum atomic E-state index is 13.1. The van der Waals surface area contributed by atoms with Gasteiger partial charge in [-0.1, -0.05) is 50.6 Å². The molecular formula is C26H30N4O2. The van der Waals surface area contributed by atoms with Crippen LogP contribution in [0.25, 0.3) is 11.1 Å². The van der Waals surface area contributed by atoms with Crippen molar-refractivity contribution < 1.29 is 9.59 Å². The maximum absolute atomic E-state index is 13.1. The third-order valence-corrected chi connectivity index (χ3v) is 5.27. The molecule has 166 valence electrons. The summed E-state index contributed by atoms with van der Waals surface area (Å²) in [6.07, 6.45) is 4.83. The summed E-state index contributed by atoms with van der Waals surface area (Å²) in [5.74, 6) is -0.271. The molecule has 0 aliphatic heterocycles. The smallest absolute Gasteiger partial charge is 0.251 e. The largest absolute Gasteiger partial charge is 0.344 e. The molecule has 0 spiro atoms. The molecule has 1 aromatic heterocycles. The molecule has 2 aromatic carbocycles. The number of carbonyl (C=O) groups excluding carboxylic acids is 2. The Morgan fingerprint density at radius 2 is 1.69 bits per heavy atom. The fraction of sp³-hybridized carbons (Fsp3) is 0.308. The number of hydrogen-bond acceptors (Lipinski definition) is 4. The Bertz CT molecular complexity index is 1100. The molecule has 0 radical (unpaired) electrons. The summed E-state index contributed by atoms with van der Waals surface area (Å²) in [5.41, 5.74) is 4.27. The molecule has 1 unspecified atom stereocenters. The Morgan fingerprint density at radius 1 is 1.00 bits per heavy atom. The van der Waals surface area contributed by atoms with Gasteiger partial charge in [-0.05, 0) is 43.2 Å². The molecule has 6 heteroatoms. The van der Waals surface area contributed by atoms with Gasteiger partial charge >= 0.3 is 0 Å². The van der Waals surface area contributed by atoms with Crippen molar-refractivity contribution in [2.75, 3.05) is 11.9 Å². The monoisotopic (exact) mass is 430 g/mol. The lowest BCUT2D eigenvalue weighted by Crippen LogP contribution is -2.37. The number of aryl methyl sites for hydroxylation is 1. The fourth-order valence-electron chi connectivity index (χ4n) is 3.36. The van der Waals surface area contributed by atoms with Crippen molar-refractivity contribution in [2.45, 2.75) is 40.7 Å². The summed E-state index contributed by atoms with van der Waals surface area (Å²) in [4.78, 5) is 36.0. The van der Waals surface area contributed by atoms with Crippen molar-refractivity contribution in [2.24, 2.45) is 5.41 Å². The number of aromatic nitrogens is 2. The van der Waals surface area contributed by atoms with Crippen LogP contribution in [0.2, 0.25) is 0 Å². The van der Waals surface area contributed by atoms with Crippen molar-refractivity contribution in [3.05, 3.63) is 77.9 Å². The highest BCUT2D eigenvalue weighted by atomic mass is 16.2. The van der Waals surface area contributed by atoms with E-state index in [0.29, 0.717) is 16.9 Å². The Hall–Kier alpha value is -3.54. The number of rotatable bonds is 5. The number of nitrogens with zero attached hydrogens (tertiary/aromatic N) is 3. The molecule has 0 bridgehead atoms. The second-order valence-electron chi connectivity index (χ2n) is 9.07. The second-order valence-corrected chi connectivity index (χ2v) is 9.07. The van der Waals surface area contributed by atoms with Gasteiger partial charge in [0, 0.05) is 36.1 Å². The highest BCUT2D eigenvalue weighted by molar-refractivity contribution is 6.01. The van der Waals surface area contributed by atoms with Crippen LogP contribution in [0, 0.1) is 12.3 Å². The van der Waals surface area contributed by atoms with Crippen LogP contribution in [0.1, 0.15) is 55.4 Å². The summed E-state index contributed by atoms with van der Waals surface area (Å²) in [6, 6.07) is 13.3. The first kappa shape index (κ1) is 23.1. The molecule has 0 saturated heterocycles. The van der Waals surface area contributed by atoms with E-state index in [1.165, 1.54) is 0 Å². The first-order valence-corrected chi connectivity index (χ1v) is 10.6. The van der Waals surface area contributed by atoms with E-state index in [4.69, 9.17) is 0 Å².